The molecule has 2 aromatic carbocycles. The van der Waals surface area contributed by atoms with Gasteiger partial charge in [0.25, 0.3) is 0 Å². The molecule has 2 aromatic rings. The highest BCUT2D eigenvalue weighted by Crippen LogP contribution is 2.25. The first-order valence-corrected chi connectivity index (χ1v) is 6.58. The van der Waals surface area contributed by atoms with Gasteiger partial charge in [-0.1, -0.05) is 12.1 Å². The predicted octanol–water partition coefficient (Wildman–Crippen LogP) is 4.24. The van der Waals surface area contributed by atoms with Crippen LogP contribution in [0.15, 0.2) is 53.0 Å². The summed E-state index contributed by atoms with van der Waals surface area (Å²) in [7, 11) is 0. The number of hydrogen-bond acceptors (Lipinski definition) is 2. The Kier molecular flexibility index (Phi) is 4.32. The maximum atomic E-state index is 12.8. The average molecular weight is 323 g/mol. The van der Waals surface area contributed by atoms with E-state index in [9.17, 15) is 9.18 Å². The predicted molar refractivity (Wildman–Crippen MR) is 75.0 cm³/mol. The van der Waals surface area contributed by atoms with Gasteiger partial charge in [0, 0.05) is 5.56 Å². The summed E-state index contributed by atoms with van der Waals surface area (Å²) >= 11 is 3.35. The summed E-state index contributed by atoms with van der Waals surface area (Å²) in [5, 5.41) is 0. The van der Waals surface area contributed by atoms with Gasteiger partial charge in [0.1, 0.15) is 11.6 Å². The van der Waals surface area contributed by atoms with E-state index in [1.165, 1.54) is 24.3 Å². The van der Waals surface area contributed by atoms with Gasteiger partial charge >= 0.3 is 0 Å². The van der Waals surface area contributed by atoms with Gasteiger partial charge in [0.05, 0.1) is 4.47 Å². The number of hydrogen-bond donors (Lipinski definition) is 0. The number of para-hydroxylation sites is 1. The number of ketones is 1. The minimum absolute atomic E-state index is 0.184. The Morgan fingerprint density at radius 1 is 1.16 bits per heavy atom. The van der Waals surface area contributed by atoms with Crippen LogP contribution in [0.4, 0.5) is 4.39 Å². The summed E-state index contributed by atoms with van der Waals surface area (Å²) in [6.45, 7) is 1.67. The van der Waals surface area contributed by atoms with Crippen molar-refractivity contribution in [3.05, 3.63) is 64.4 Å². The van der Waals surface area contributed by atoms with Crippen LogP contribution in [0.5, 0.6) is 5.75 Å². The van der Waals surface area contributed by atoms with Crippen molar-refractivity contribution in [3.63, 3.8) is 0 Å². The average Bonchev–Trinajstić information content (AvgIpc) is 2.41. The van der Waals surface area contributed by atoms with E-state index in [0.29, 0.717) is 11.3 Å². The van der Waals surface area contributed by atoms with E-state index in [-0.39, 0.29) is 11.6 Å². The lowest BCUT2D eigenvalue weighted by Gasteiger charge is -2.14. The van der Waals surface area contributed by atoms with E-state index < -0.39 is 6.10 Å². The molecule has 0 unspecified atom stereocenters. The Balaban J connectivity index is 2.12. The van der Waals surface area contributed by atoms with Gasteiger partial charge in [-0.15, -0.1) is 0 Å². The second-order valence-corrected chi connectivity index (χ2v) is 4.92. The van der Waals surface area contributed by atoms with Crippen LogP contribution in [0.1, 0.15) is 17.3 Å². The topological polar surface area (TPSA) is 26.3 Å². The van der Waals surface area contributed by atoms with Gasteiger partial charge in [-0.25, -0.2) is 4.39 Å². The lowest BCUT2D eigenvalue weighted by Crippen LogP contribution is -2.24. The monoisotopic (exact) mass is 322 g/mol. The Morgan fingerprint density at radius 3 is 2.42 bits per heavy atom. The van der Waals surface area contributed by atoms with Crippen LogP contribution < -0.4 is 4.74 Å². The van der Waals surface area contributed by atoms with E-state index in [1.54, 1.807) is 13.0 Å². The Labute approximate surface area is 119 Å². The zero-order chi connectivity index (χ0) is 13.8. The number of halogens is 2. The fourth-order valence-electron chi connectivity index (χ4n) is 1.63. The molecule has 0 aliphatic rings. The van der Waals surface area contributed by atoms with E-state index >= 15 is 0 Å². The number of carbonyl (C=O) groups excluding carboxylic acids is 1. The van der Waals surface area contributed by atoms with Crippen LogP contribution in [-0.4, -0.2) is 11.9 Å². The third-order valence-electron chi connectivity index (χ3n) is 2.64. The summed E-state index contributed by atoms with van der Waals surface area (Å²) in [6, 6.07) is 12.7. The number of benzene rings is 2. The lowest BCUT2D eigenvalue weighted by atomic mass is 10.1. The molecule has 0 N–H and O–H groups in total. The minimum Gasteiger partial charge on any atom is -0.481 e. The first-order chi connectivity index (χ1) is 9.08. The molecular weight excluding hydrogens is 311 g/mol. The van der Waals surface area contributed by atoms with Gasteiger partial charge < -0.3 is 4.74 Å². The molecule has 19 heavy (non-hydrogen) atoms. The maximum absolute atomic E-state index is 12.8. The van der Waals surface area contributed by atoms with Crippen molar-refractivity contribution in [2.24, 2.45) is 0 Å². The molecule has 0 spiro atoms. The fourth-order valence-corrected chi connectivity index (χ4v) is 2.01. The molecule has 0 aromatic heterocycles. The van der Waals surface area contributed by atoms with Gasteiger partial charge in [0.15, 0.2) is 6.10 Å². The van der Waals surface area contributed by atoms with Gasteiger partial charge in [-0.05, 0) is 59.3 Å². The highest BCUT2D eigenvalue weighted by atomic mass is 79.9. The zero-order valence-electron chi connectivity index (χ0n) is 10.3. The SMILES string of the molecule is C[C@H](Oc1ccccc1Br)C(=O)c1ccc(F)cc1. The maximum Gasteiger partial charge on any atom is 0.202 e. The third kappa shape index (κ3) is 3.41. The van der Waals surface area contributed by atoms with Crippen LogP contribution >= 0.6 is 15.9 Å². The smallest absolute Gasteiger partial charge is 0.202 e. The Hall–Kier alpha value is -1.68. The van der Waals surface area contributed by atoms with Gasteiger partial charge in [-0.2, -0.15) is 0 Å². The van der Waals surface area contributed by atoms with Crippen molar-refractivity contribution >= 4 is 21.7 Å². The van der Waals surface area contributed by atoms with Gasteiger partial charge in [-0.3, -0.25) is 4.79 Å². The van der Waals surface area contributed by atoms with Crippen molar-refractivity contribution in [1.82, 2.24) is 0 Å². The van der Waals surface area contributed by atoms with E-state index in [2.05, 4.69) is 15.9 Å². The molecule has 0 saturated carbocycles. The number of carbonyl (C=O) groups is 1. The highest BCUT2D eigenvalue weighted by Gasteiger charge is 2.17. The summed E-state index contributed by atoms with van der Waals surface area (Å²) in [4.78, 5) is 12.1. The molecule has 0 fully saturated rings. The third-order valence-corrected chi connectivity index (χ3v) is 3.29. The van der Waals surface area contributed by atoms with Crippen LogP contribution in [0.2, 0.25) is 0 Å². The standard InChI is InChI=1S/C15H12BrFO2/c1-10(19-14-5-3-2-4-13(14)16)15(18)11-6-8-12(17)9-7-11/h2-10H,1H3/t10-/m0/s1. The molecule has 4 heteroatoms. The summed E-state index contributed by atoms with van der Waals surface area (Å²) in [6.07, 6.45) is -0.635. The summed E-state index contributed by atoms with van der Waals surface area (Å²) in [5.74, 6) is 0.0529. The molecule has 0 amide bonds. The van der Waals surface area contributed by atoms with E-state index in [4.69, 9.17) is 4.74 Å². The molecule has 0 saturated heterocycles. The van der Waals surface area contributed by atoms with Crippen LogP contribution in [0, 0.1) is 5.82 Å². The molecule has 0 heterocycles. The summed E-state index contributed by atoms with van der Waals surface area (Å²) < 4.78 is 19.2. The first kappa shape index (κ1) is 13.7. The Bertz CT molecular complexity index is 581. The first-order valence-electron chi connectivity index (χ1n) is 5.79. The second kappa shape index (κ2) is 5.97. The molecule has 2 nitrogen and oxygen atoms in total. The molecular formula is C15H12BrFO2. The second-order valence-electron chi connectivity index (χ2n) is 4.06. The van der Waals surface area contributed by atoms with Crippen LogP contribution in [0.25, 0.3) is 0 Å². The van der Waals surface area contributed by atoms with Crippen LogP contribution in [0.3, 0.4) is 0 Å². The molecule has 2 rings (SSSR count). The number of Topliss-reactive ketones (excluding diaryl/α,β-unsaturated/α-hetero) is 1. The van der Waals surface area contributed by atoms with E-state index in [1.807, 2.05) is 18.2 Å². The Morgan fingerprint density at radius 2 is 1.79 bits per heavy atom. The van der Waals surface area contributed by atoms with Crippen molar-refractivity contribution in [2.75, 3.05) is 0 Å². The normalized spacial score (nSPS) is 11.9. The number of rotatable bonds is 4. The van der Waals surface area contributed by atoms with Gasteiger partial charge in [0.2, 0.25) is 5.78 Å². The van der Waals surface area contributed by atoms with Crippen molar-refractivity contribution in [2.45, 2.75) is 13.0 Å². The van der Waals surface area contributed by atoms with Crippen molar-refractivity contribution in [1.29, 1.82) is 0 Å². The molecule has 98 valence electrons. The molecule has 1 atom stereocenters. The quantitative estimate of drug-likeness (QED) is 0.787. The molecule has 0 bridgehead atoms. The molecule has 0 aliphatic carbocycles. The van der Waals surface area contributed by atoms with Crippen molar-refractivity contribution < 1.29 is 13.9 Å². The lowest BCUT2D eigenvalue weighted by molar-refractivity contribution is 0.0817. The number of ether oxygens (including phenoxy) is 1. The van der Waals surface area contributed by atoms with Crippen molar-refractivity contribution in [3.8, 4) is 5.75 Å². The summed E-state index contributed by atoms with van der Waals surface area (Å²) in [5.41, 5.74) is 0.431. The van der Waals surface area contributed by atoms with Crippen LogP contribution in [-0.2, 0) is 0 Å². The fraction of sp³-hybridized carbons (Fsp3) is 0.133. The molecule has 0 aliphatic heterocycles. The minimum atomic E-state index is -0.635. The van der Waals surface area contributed by atoms with E-state index in [0.717, 1.165) is 4.47 Å². The largest absolute Gasteiger partial charge is 0.481 e. The highest BCUT2D eigenvalue weighted by molar-refractivity contribution is 9.10. The zero-order valence-corrected chi connectivity index (χ0v) is 11.9. The molecule has 0 radical (unpaired) electrons.